The summed E-state index contributed by atoms with van der Waals surface area (Å²) in [6.45, 7) is 12.3. The second-order valence-corrected chi connectivity index (χ2v) is 11.7. The minimum atomic E-state index is -1.18. The van der Waals surface area contributed by atoms with Gasteiger partial charge in [0, 0.05) is 12.2 Å². The van der Waals surface area contributed by atoms with Gasteiger partial charge >= 0.3 is 0 Å². The van der Waals surface area contributed by atoms with Crippen molar-refractivity contribution in [2.24, 2.45) is 0 Å². The molecule has 106 valence electrons. The predicted octanol–water partition coefficient (Wildman–Crippen LogP) is 4.46. The number of anilines is 1. The third-order valence-electron chi connectivity index (χ3n) is 3.68. The van der Waals surface area contributed by atoms with E-state index in [-0.39, 0.29) is 0 Å². The van der Waals surface area contributed by atoms with Gasteiger partial charge in [0.05, 0.1) is 8.07 Å². The first-order valence-electron chi connectivity index (χ1n) is 7.27. The van der Waals surface area contributed by atoms with Gasteiger partial charge in [-0.2, -0.15) is 0 Å². The molecule has 0 aliphatic carbocycles. The molecule has 0 unspecified atom stereocenters. The van der Waals surface area contributed by atoms with Crippen LogP contribution in [-0.4, -0.2) is 8.07 Å². The monoisotopic (exact) mass is 283 g/mol. The maximum atomic E-state index is 3.53. The molecule has 2 rings (SSSR count). The summed E-state index contributed by atoms with van der Waals surface area (Å²) in [6.07, 6.45) is 0. The highest BCUT2D eigenvalue weighted by atomic mass is 28.3. The Kier molecular flexibility index (Phi) is 4.34. The molecule has 20 heavy (non-hydrogen) atoms. The molecule has 0 aliphatic rings. The van der Waals surface area contributed by atoms with Crippen LogP contribution in [0.2, 0.25) is 19.6 Å². The third-order valence-corrected chi connectivity index (χ3v) is 5.75. The van der Waals surface area contributed by atoms with Crippen molar-refractivity contribution in [3.05, 3.63) is 59.2 Å². The van der Waals surface area contributed by atoms with Crippen molar-refractivity contribution in [1.29, 1.82) is 0 Å². The van der Waals surface area contributed by atoms with Gasteiger partial charge in [-0.15, -0.1) is 0 Å². The molecule has 0 amide bonds. The van der Waals surface area contributed by atoms with Crippen LogP contribution in [0.1, 0.15) is 16.7 Å². The second kappa shape index (κ2) is 5.84. The molecular formula is C18H25NSi. The van der Waals surface area contributed by atoms with Gasteiger partial charge in [-0.1, -0.05) is 66.8 Å². The van der Waals surface area contributed by atoms with E-state index in [1.165, 1.54) is 27.6 Å². The molecule has 0 aliphatic heterocycles. The quantitative estimate of drug-likeness (QED) is 0.817. The zero-order chi connectivity index (χ0) is 14.8. The summed E-state index contributed by atoms with van der Waals surface area (Å²) in [5.41, 5.74) is 5.19. The Morgan fingerprint density at radius 2 is 1.55 bits per heavy atom. The predicted molar refractivity (Wildman–Crippen MR) is 92.7 cm³/mol. The topological polar surface area (TPSA) is 12.0 Å². The van der Waals surface area contributed by atoms with Gasteiger partial charge < -0.3 is 5.32 Å². The van der Waals surface area contributed by atoms with Gasteiger partial charge in [-0.3, -0.25) is 0 Å². The number of hydrogen-bond donors (Lipinski definition) is 1. The molecule has 0 atom stereocenters. The standard InChI is InChI=1S/C18H25NSi/c1-14-6-11-18(15(2)12-14)19-13-16-7-9-17(10-8-16)20(3,4)5/h6-12,19H,13H2,1-5H3. The van der Waals surface area contributed by atoms with E-state index in [0.717, 1.165) is 6.54 Å². The smallest absolute Gasteiger partial charge is 0.0775 e. The van der Waals surface area contributed by atoms with Crippen LogP contribution in [-0.2, 0) is 6.54 Å². The van der Waals surface area contributed by atoms with Gasteiger partial charge in [0.25, 0.3) is 0 Å². The molecule has 0 radical (unpaired) electrons. The Labute approximate surface area is 124 Å². The molecule has 0 heterocycles. The summed E-state index contributed by atoms with van der Waals surface area (Å²) in [7, 11) is -1.18. The van der Waals surface area contributed by atoms with Gasteiger partial charge in [0.1, 0.15) is 0 Å². The fourth-order valence-corrected chi connectivity index (χ4v) is 3.50. The Balaban J connectivity index is 2.04. The maximum absolute atomic E-state index is 3.53. The third kappa shape index (κ3) is 3.73. The van der Waals surface area contributed by atoms with Gasteiger partial charge in [0.2, 0.25) is 0 Å². The van der Waals surface area contributed by atoms with Crippen molar-refractivity contribution in [1.82, 2.24) is 0 Å². The van der Waals surface area contributed by atoms with E-state index in [9.17, 15) is 0 Å². The van der Waals surface area contributed by atoms with Crippen LogP contribution in [0, 0.1) is 13.8 Å². The van der Waals surface area contributed by atoms with Crippen molar-refractivity contribution in [2.75, 3.05) is 5.32 Å². The molecule has 2 aromatic rings. The van der Waals surface area contributed by atoms with E-state index in [1.807, 2.05) is 0 Å². The number of nitrogens with one attached hydrogen (secondary N) is 1. The van der Waals surface area contributed by atoms with Crippen molar-refractivity contribution >= 4 is 18.9 Å². The molecular weight excluding hydrogens is 258 g/mol. The van der Waals surface area contributed by atoms with Gasteiger partial charge in [-0.05, 0) is 31.0 Å². The molecule has 0 saturated carbocycles. The number of benzene rings is 2. The van der Waals surface area contributed by atoms with Crippen LogP contribution >= 0.6 is 0 Å². The lowest BCUT2D eigenvalue weighted by molar-refractivity contribution is 1.14. The first-order chi connectivity index (χ1) is 9.36. The summed E-state index contributed by atoms with van der Waals surface area (Å²) in [5, 5.41) is 5.05. The molecule has 0 bridgehead atoms. The lowest BCUT2D eigenvalue weighted by Gasteiger charge is -2.17. The Hall–Kier alpha value is -1.54. The van der Waals surface area contributed by atoms with Crippen LogP contribution in [0.4, 0.5) is 5.69 Å². The Morgan fingerprint density at radius 3 is 2.10 bits per heavy atom. The van der Waals surface area contributed by atoms with Crippen molar-refractivity contribution in [3.8, 4) is 0 Å². The van der Waals surface area contributed by atoms with Crippen molar-refractivity contribution in [2.45, 2.75) is 40.0 Å². The fourth-order valence-electron chi connectivity index (χ4n) is 2.33. The summed E-state index contributed by atoms with van der Waals surface area (Å²) < 4.78 is 0. The van der Waals surface area contributed by atoms with Crippen LogP contribution < -0.4 is 10.5 Å². The van der Waals surface area contributed by atoms with E-state index in [0.29, 0.717) is 0 Å². The minimum absolute atomic E-state index is 0.885. The molecule has 0 saturated heterocycles. The maximum Gasteiger partial charge on any atom is 0.0775 e. The molecule has 2 aromatic carbocycles. The van der Waals surface area contributed by atoms with Crippen LogP contribution in [0.25, 0.3) is 0 Å². The fraction of sp³-hybridized carbons (Fsp3) is 0.333. The van der Waals surface area contributed by atoms with E-state index in [1.54, 1.807) is 0 Å². The first kappa shape index (κ1) is 14.9. The highest BCUT2D eigenvalue weighted by Crippen LogP contribution is 2.17. The zero-order valence-corrected chi connectivity index (χ0v) is 14.2. The number of aryl methyl sites for hydroxylation is 2. The van der Waals surface area contributed by atoms with Crippen LogP contribution in [0.3, 0.4) is 0 Å². The van der Waals surface area contributed by atoms with Crippen molar-refractivity contribution in [3.63, 3.8) is 0 Å². The summed E-state index contributed by atoms with van der Waals surface area (Å²) in [4.78, 5) is 0. The lowest BCUT2D eigenvalue weighted by atomic mass is 10.1. The zero-order valence-electron chi connectivity index (χ0n) is 13.2. The lowest BCUT2D eigenvalue weighted by Crippen LogP contribution is -2.37. The Morgan fingerprint density at radius 1 is 0.900 bits per heavy atom. The minimum Gasteiger partial charge on any atom is -0.381 e. The largest absolute Gasteiger partial charge is 0.381 e. The van der Waals surface area contributed by atoms with Gasteiger partial charge in [-0.25, -0.2) is 0 Å². The van der Waals surface area contributed by atoms with E-state index in [2.05, 4.69) is 81.3 Å². The molecule has 0 aromatic heterocycles. The summed E-state index contributed by atoms with van der Waals surface area (Å²) >= 11 is 0. The Bertz CT molecular complexity index is 579. The summed E-state index contributed by atoms with van der Waals surface area (Å²) in [6, 6.07) is 15.6. The van der Waals surface area contributed by atoms with Crippen LogP contribution in [0.15, 0.2) is 42.5 Å². The SMILES string of the molecule is Cc1ccc(NCc2ccc([Si](C)(C)C)cc2)c(C)c1. The van der Waals surface area contributed by atoms with Crippen LogP contribution in [0.5, 0.6) is 0 Å². The van der Waals surface area contributed by atoms with Gasteiger partial charge in [0.15, 0.2) is 0 Å². The van der Waals surface area contributed by atoms with E-state index in [4.69, 9.17) is 0 Å². The average Bonchev–Trinajstić information content (AvgIpc) is 2.37. The van der Waals surface area contributed by atoms with Crippen molar-refractivity contribution < 1.29 is 0 Å². The number of rotatable bonds is 4. The van der Waals surface area contributed by atoms with E-state index >= 15 is 0 Å². The average molecular weight is 283 g/mol. The second-order valence-electron chi connectivity index (χ2n) is 6.62. The highest BCUT2D eigenvalue weighted by molar-refractivity contribution is 6.88. The molecule has 0 fully saturated rings. The van der Waals surface area contributed by atoms with E-state index < -0.39 is 8.07 Å². The molecule has 1 N–H and O–H groups in total. The number of hydrogen-bond acceptors (Lipinski definition) is 1. The highest BCUT2D eigenvalue weighted by Gasteiger charge is 2.15. The summed E-state index contributed by atoms with van der Waals surface area (Å²) in [5.74, 6) is 0. The molecule has 0 spiro atoms. The molecule has 1 nitrogen and oxygen atoms in total. The first-order valence-corrected chi connectivity index (χ1v) is 10.8. The molecule has 2 heteroatoms. The normalized spacial score (nSPS) is 11.4.